The standard InChI is InChI=1S/C22H34O3/c1-12(23)17-6-7-18-15-4-5-16-14(13(15)8-10-21(17,18)2)9-11-22(24)19(16)20(22)25-3/h13-20,24H,4-11H2,1-3H3/t13-,14-,15-,16-,17-,18+,19?,20-,21-,22-/m1/s1. The van der Waals surface area contributed by atoms with E-state index >= 15 is 0 Å². The molecule has 0 bridgehead atoms. The molecule has 0 aliphatic heterocycles. The van der Waals surface area contributed by atoms with Crippen LogP contribution in [0.15, 0.2) is 0 Å². The maximum Gasteiger partial charge on any atom is 0.133 e. The van der Waals surface area contributed by atoms with Crippen LogP contribution >= 0.6 is 0 Å². The van der Waals surface area contributed by atoms with Crippen molar-refractivity contribution >= 4 is 5.78 Å². The first kappa shape index (κ1) is 16.7. The van der Waals surface area contributed by atoms with Crippen molar-refractivity contribution in [1.29, 1.82) is 0 Å². The Morgan fingerprint density at radius 3 is 2.36 bits per heavy atom. The summed E-state index contributed by atoms with van der Waals surface area (Å²) in [4.78, 5) is 12.2. The van der Waals surface area contributed by atoms with Crippen molar-refractivity contribution in [3.8, 4) is 0 Å². The summed E-state index contributed by atoms with van der Waals surface area (Å²) >= 11 is 0. The van der Waals surface area contributed by atoms with Crippen LogP contribution in [-0.4, -0.2) is 29.7 Å². The Bertz CT molecular complexity index is 588. The van der Waals surface area contributed by atoms with E-state index in [1.807, 2.05) is 6.92 Å². The topological polar surface area (TPSA) is 46.5 Å². The van der Waals surface area contributed by atoms with Crippen LogP contribution < -0.4 is 0 Å². The van der Waals surface area contributed by atoms with Gasteiger partial charge in [0.25, 0.3) is 0 Å². The zero-order valence-electron chi connectivity index (χ0n) is 16.0. The van der Waals surface area contributed by atoms with Crippen LogP contribution in [0.2, 0.25) is 0 Å². The van der Waals surface area contributed by atoms with Gasteiger partial charge < -0.3 is 9.84 Å². The van der Waals surface area contributed by atoms with E-state index in [2.05, 4.69) is 6.92 Å². The van der Waals surface area contributed by atoms with Crippen molar-refractivity contribution in [2.45, 2.75) is 76.9 Å². The number of aliphatic hydroxyl groups is 1. The molecule has 10 atom stereocenters. The van der Waals surface area contributed by atoms with E-state index in [9.17, 15) is 9.90 Å². The van der Waals surface area contributed by atoms with E-state index in [1.54, 1.807) is 7.11 Å². The molecular weight excluding hydrogens is 312 g/mol. The van der Waals surface area contributed by atoms with E-state index in [-0.39, 0.29) is 11.5 Å². The predicted octanol–water partition coefficient (Wildman–Crippen LogP) is 3.83. The fourth-order valence-electron chi connectivity index (χ4n) is 8.79. The minimum atomic E-state index is -0.501. The summed E-state index contributed by atoms with van der Waals surface area (Å²) in [5.41, 5.74) is -0.233. The minimum absolute atomic E-state index is 0.0986. The summed E-state index contributed by atoms with van der Waals surface area (Å²) < 4.78 is 5.63. The highest BCUT2D eigenvalue weighted by molar-refractivity contribution is 5.79. The molecule has 1 unspecified atom stereocenters. The van der Waals surface area contributed by atoms with Gasteiger partial charge >= 0.3 is 0 Å². The first-order chi connectivity index (χ1) is 11.9. The highest BCUT2D eigenvalue weighted by Crippen LogP contribution is 2.69. The lowest BCUT2D eigenvalue weighted by molar-refractivity contribution is -0.128. The Labute approximate surface area is 151 Å². The van der Waals surface area contributed by atoms with E-state index < -0.39 is 5.60 Å². The fourth-order valence-corrected chi connectivity index (χ4v) is 8.79. The first-order valence-corrected chi connectivity index (χ1v) is 10.7. The van der Waals surface area contributed by atoms with Crippen molar-refractivity contribution in [1.82, 2.24) is 0 Å². The van der Waals surface area contributed by atoms with Crippen LogP contribution in [0.1, 0.15) is 65.2 Å². The molecule has 5 rings (SSSR count). The van der Waals surface area contributed by atoms with Gasteiger partial charge in [0.15, 0.2) is 0 Å². The zero-order chi connectivity index (χ0) is 17.6. The number of ether oxygens (including phenoxy) is 1. The lowest BCUT2D eigenvalue weighted by Crippen LogP contribution is -2.50. The average molecular weight is 347 g/mol. The summed E-state index contributed by atoms with van der Waals surface area (Å²) in [6.07, 6.45) is 9.78. The maximum absolute atomic E-state index is 12.2. The SMILES string of the molecule is CO[C@@H]1C2[C@@H]3CC[C@@H]4[C@H](CC[C@]5(C)[C@@H](C(C)=O)CC[C@@H]45)[C@H]3CC[C@@]21O. The number of hydrogen-bond donors (Lipinski definition) is 1. The summed E-state index contributed by atoms with van der Waals surface area (Å²) in [6.45, 7) is 4.25. The van der Waals surface area contributed by atoms with E-state index in [0.717, 1.165) is 36.5 Å². The molecule has 0 radical (unpaired) electrons. The fraction of sp³-hybridized carbons (Fsp3) is 0.955. The molecule has 0 heterocycles. The average Bonchev–Trinajstić information content (AvgIpc) is 3.04. The molecule has 0 saturated heterocycles. The van der Waals surface area contributed by atoms with Gasteiger partial charge in [-0.2, -0.15) is 0 Å². The van der Waals surface area contributed by atoms with Gasteiger partial charge in [0.1, 0.15) is 5.78 Å². The van der Waals surface area contributed by atoms with Crippen molar-refractivity contribution < 1.29 is 14.6 Å². The van der Waals surface area contributed by atoms with Gasteiger partial charge in [-0.25, -0.2) is 0 Å². The van der Waals surface area contributed by atoms with Gasteiger partial charge in [0.2, 0.25) is 0 Å². The highest BCUT2D eigenvalue weighted by atomic mass is 16.5. The molecule has 0 spiro atoms. The zero-order valence-corrected chi connectivity index (χ0v) is 16.0. The molecular formula is C22H34O3. The molecule has 0 aromatic rings. The van der Waals surface area contributed by atoms with Crippen LogP contribution in [-0.2, 0) is 9.53 Å². The van der Waals surface area contributed by atoms with Gasteiger partial charge in [0.05, 0.1) is 11.7 Å². The molecule has 25 heavy (non-hydrogen) atoms. The van der Waals surface area contributed by atoms with Crippen LogP contribution in [0.5, 0.6) is 0 Å². The summed E-state index contributed by atoms with van der Waals surface area (Å²) in [5.74, 6) is 5.05. The van der Waals surface area contributed by atoms with Crippen LogP contribution in [0.25, 0.3) is 0 Å². The Balaban J connectivity index is 1.39. The van der Waals surface area contributed by atoms with Gasteiger partial charge in [-0.3, -0.25) is 4.79 Å². The Kier molecular flexibility index (Phi) is 3.56. The summed E-state index contributed by atoms with van der Waals surface area (Å²) in [6, 6.07) is 0. The van der Waals surface area contributed by atoms with Gasteiger partial charge in [0, 0.05) is 18.9 Å². The first-order valence-electron chi connectivity index (χ1n) is 10.7. The van der Waals surface area contributed by atoms with Crippen LogP contribution in [0.3, 0.4) is 0 Å². The number of ketones is 1. The van der Waals surface area contributed by atoms with E-state index in [4.69, 9.17) is 4.74 Å². The third kappa shape index (κ3) is 2.03. The molecule has 1 N–H and O–H groups in total. The third-order valence-electron chi connectivity index (χ3n) is 9.80. The normalized spacial score (nSPS) is 59.4. The van der Waals surface area contributed by atoms with Gasteiger partial charge in [-0.05, 0) is 93.3 Å². The van der Waals surface area contributed by atoms with Crippen LogP contribution in [0.4, 0.5) is 0 Å². The number of fused-ring (bicyclic) bond motifs is 7. The predicted molar refractivity (Wildman–Crippen MR) is 95.9 cm³/mol. The van der Waals surface area contributed by atoms with E-state index in [1.165, 1.54) is 38.5 Å². The Hall–Kier alpha value is -0.410. The largest absolute Gasteiger partial charge is 0.387 e. The minimum Gasteiger partial charge on any atom is -0.387 e. The molecule has 0 aromatic carbocycles. The van der Waals surface area contributed by atoms with Crippen molar-refractivity contribution in [3.05, 3.63) is 0 Å². The maximum atomic E-state index is 12.2. The Morgan fingerprint density at radius 2 is 1.64 bits per heavy atom. The van der Waals surface area contributed by atoms with Crippen molar-refractivity contribution in [2.75, 3.05) is 7.11 Å². The number of methoxy groups -OCH3 is 1. The van der Waals surface area contributed by atoms with Gasteiger partial charge in [-0.1, -0.05) is 6.92 Å². The molecule has 5 fully saturated rings. The second kappa shape index (κ2) is 5.32. The second-order valence-electron chi connectivity index (χ2n) is 10.3. The number of carbonyl (C=O) groups is 1. The molecule has 140 valence electrons. The third-order valence-corrected chi connectivity index (χ3v) is 9.80. The second-order valence-corrected chi connectivity index (χ2v) is 10.3. The molecule has 3 heteroatoms. The van der Waals surface area contributed by atoms with Gasteiger partial charge in [-0.15, -0.1) is 0 Å². The monoisotopic (exact) mass is 346 g/mol. The van der Waals surface area contributed by atoms with Crippen molar-refractivity contribution in [3.63, 3.8) is 0 Å². The number of rotatable bonds is 2. The molecule has 0 aromatic heterocycles. The van der Waals surface area contributed by atoms with Crippen LogP contribution in [0, 0.1) is 46.8 Å². The Morgan fingerprint density at radius 1 is 0.960 bits per heavy atom. The lowest BCUT2D eigenvalue weighted by Gasteiger charge is -2.55. The highest BCUT2D eigenvalue weighted by Gasteiger charge is 2.72. The summed E-state index contributed by atoms with van der Waals surface area (Å²) in [5, 5.41) is 10.9. The molecule has 5 saturated carbocycles. The quantitative estimate of drug-likeness (QED) is 0.826. The lowest BCUT2D eigenvalue weighted by atomic mass is 9.49. The molecule has 3 nitrogen and oxygen atoms in total. The summed E-state index contributed by atoms with van der Waals surface area (Å²) in [7, 11) is 1.77. The molecule has 0 amide bonds. The molecule has 5 aliphatic rings. The van der Waals surface area contributed by atoms with E-state index in [0.29, 0.717) is 23.5 Å². The number of carbonyl (C=O) groups excluding carboxylic acids is 1. The smallest absolute Gasteiger partial charge is 0.133 e. The molecule has 5 aliphatic carbocycles. The number of Topliss-reactive ketones (excluding diaryl/α,β-unsaturated/α-hetero) is 1. The number of hydrogen-bond acceptors (Lipinski definition) is 3. The van der Waals surface area contributed by atoms with Crippen molar-refractivity contribution in [2.24, 2.45) is 46.8 Å².